The molecular formula is C9H22O5. The van der Waals surface area contributed by atoms with E-state index in [-0.39, 0.29) is 19.8 Å². The predicted octanol–water partition coefficient (Wildman–Crippen LogP) is 1.29. The maximum Gasteiger partial charge on any atom is 0.305 e. The lowest BCUT2D eigenvalue weighted by Crippen LogP contribution is -1.94. The van der Waals surface area contributed by atoms with Gasteiger partial charge in [0.05, 0.1) is 7.11 Å². The predicted molar refractivity (Wildman–Crippen MR) is 55.1 cm³/mol. The summed E-state index contributed by atoms with van der Waals surface area (Å²) in [7, 11) is 2.38. The fraction of sp³-hybridized carbons (Fsp3) is 0.778. The van der Waals surface area contributed by atoms with Crippen molar-refractivity contribution >= 4 is 11.9 Å². The van der Waals surface area contributed by atoms with Crippen molar-refractivity contribution in [1.82, 2.24) is 0 Å². The number of hydrogen-bond acceptors (Lipinski definition) is 4. The highest BCUT2D eigenvalue weighted by Gasteiger charge is 1.87. The number of carbonyl (C=O) groups excluding carboxylic acids is 1. The Morgan fingerprint density at radius 3 is 1.43 bits per heavy atom. The Hall–Kier alpha value is -1.10. The summed E-state index contributed by atoms with van der Waals surface area (Å²) in [6.45, 7) is 3.36. The number of methoxy groups -OCH3 is 1. The normalized spacial score (nSPS) is 6.36. The van der Waals surface area contributed by atoms with Crippen LogP contribution in [0.25, 0.3) is 0 Å². The van der Waals surface area contributed by atoms with Crippen molar-refractivity contribution in [3.05, 3.63) is 0 Å². The van der Waals surface area contributed by atoms with E-state index in [4.69, 9.17) is 10.2 Å². The van der Waals surface area contributed by atoms with Gasteiger partial charge in [-0.05, 0) is 0 Å². The number of rotatable bonds is 2. The van der Waals surface area contributed by atoms with E-state index in [2.05, 4.69) is 4.74 Å². The number of carbonyl (C=O) groups is 2. The molecule has 0 heterocycles. The molecule has 5 heteroatoms. The highest BCUT2D eigenvalue weighted by atomic mass is 16.5. The number of aliphatic carboxylic acids is 1. The topological polar surface area (TPSA) is 83.8 Å². The second kappa shape index (κ2) is 22.7. The lowest BCUT2D eigenvalue weighted by molar-refractivity contribution is -0.140. The molecule has 0 saturated heterocycles. The monoisotopic (exact) mass is 210 g/mol. The first kappa shape index (κ1) is 23.1. The van der Waals surface area contributed by atoms with E-state index in [1.807, 2.05) is 0 Å². The van der Waals surface area contributed by atoms with Crippen molar-refractivity contribution < 1.29 is 24.5 Å². The quantitative estimate of drug-likeness (QED) is 0.671. The molecule has 0 aromatic rings. The first-order valence-electron chi connectivity index (χ1n) is 3.81. The van der Waals surface area contributed by atoms with E-state index < -0.39 is 5.97 Å². The van der Waals surface area contributed by atoms with E-state index in [9.17, 15) is 9.59 Å². The Kier molecular flexibility index (Phi) is 37.3. The van der Waals surface area contributed by atoms with Gasteiger partial charge in [-0.2, -0.15) is 0 Å². The third kappa shape index (κ3) is 44.5. The molecule has 0 aliphatic rings. The zero-order chi connectivity index (χ0) is 11.3. The fourth-order valence-electron chi connectivity index (χ4n) is 0.144. The van der Waals surface area contributed by atoms with Crippen LogP contribution in [0.2, 0.25) is 0 Å². The molecule has 0 unspecified atom stereocenters. The lowest BCUT2D eigenvalue weighted by Gasteiger charge is -1.87. The molecule has 0 fully saturated rings. The molecule has 0 rings (SSSR count). The molecule has 2 N–H and O–H groups in total. The van der Waals surface area contributed by atoms with Crippen molar-refractivity contribution in [3.63, 3.8) is 0 Å². The van der Waals surface area contributed by atoms with E-state index in [1.54, 1.807) is 13.8 Å². The minimum atomic E-state index is -0.745. The van der Waals surface area contributed by atoms with Crippen molar-refractivity contribution in [2.24, 2.45) is 0 Å². The van der Waals surface area contributed by atoms with Gasteiger partial charge in [0.15, 0.2) is 0 Å². The minimum Gasteiger partial charge on any atom is -0.481 e. The minimum absolute atomic E-state index is 0. The molecule has 88 valence electrons. The molecule has 0 aliphatic carbocycles. The first-order valence-corrected chi connectivity index (χ1v) is 3.81. The summed E-state index contributed by atoms with van der Waals surface area (Å²) in [6.07, 6.45) is 0.691. The second-order valence-corrected chi connectivity index (χ2v) is 1.68. The molecule has 0 bridgehead atoms. The van der Waals surface area contributed by atoms with Gasteiger partial charge in [0.25, 0.3) is 0 Å². The molecular weight excluding hydrogens is 188 g/mol. The van der Waals surface area contributed by atoms with Gasteiger partial charge in [-0.15, -0.1) is 0 Å². The smallest absolute Gasteiger partial charge is 0.305 e. The highest BCUT2D eigenvalue weighted by Crippen LogP contribution is 1.76. The zero-order valence-electron chi connectivity index (χ0n) is 8.53. The van der Waals surface area contributed by atoms with Gasteiger partial charge in [-0.3, -0.25) is 9.59 Å². The van der Waals surface area contributed by atoms with Crippen LogP contribution in [0.4, 0.5) is 0 Å². The van der Waals surface area contributed by atoms with Crippen LogP contribution in [0.1, 0.15) is 34.1 Å². The average molecular weight is 210 g/mol. The number of esters is 1. The van der Waals surface area contributed by atoms with Gasteiger partial charge < -0.3 is 14.9 Å². The van der Waals surface area contributed by atoms with Crippen molar-refractivity contribution in [2.45, 2.75) is 34.1 Å². The Morgan fingerprint density at radius 2 is 1.43 bits per heavy atom. The number of carboxylic acids is 1. The van der Waals surface area contributed by atoms with Crippen molar-refractivity contribution in [1.29, 1.82) is 0 Å². The molecule has 0 atom stereocenters. The van der Waals surface area contributed by atoms with Crippen molar-refractivity contribution in [3.8, 4) is 0 Å². The molecule has 5 nitrogen and oxygen atoms in total. The summed E-state index contributed by atoms with van der Waals surface area (Å²) in [4.78, 5) is 19.3. The van der Waals surface area contributed by atoms with Gasteiger partial charge in [-0.1, -0.05) is 21.3 Å². The number of aliphatic hydroxyl groups excluding tert-OH is 1. The van der Waals surface area contributed by atoms with Crippen LogP contribution in [0.15, 0.2) is 0 Å². The number of aliphatic hydroxyl groups is 1. The molecule has 14 heavy (non-hydrogen) atoms. The van der Waals surface area contributed by atoms with E-state index >= 15 is 0 Å². The van der Waals surface area contributed by atoms with E-state index in [0.717, 1.165) is 7.11 Å². The molecule has 0 aromatic carbocycles. The van der Waals surface area contributed by atoms with Crippen molar-refractivity contribution in [2.75, 3.05) is 14.2 Å². The summed E-state index contributed by atoms with van der Waals surface area (Å²) in [5.41, 5.74) is 0. The van der Waals surface area contributed by atoms with Gasteiger partial charge in [0.1, 0.15) is 0 Å². The molecule has 0 aliphatic heterocycles. The third-order valence-electron chi connectivity index (χ3n) is 0.819. The summed E-state index contributed by atoms with van der Waals surface area (Å²) in [5.74, 6) is -0.903. The molecule has 0 saturated carbocycles. The van der Waals surface area contributed by atoms with Gasteiger partial charge in [0, 0.05) is 20.0 Å². The molecule has 0 spiro atoms. The Balaban J connectivity index is -0.0000000576. The molecule has 0 aromatic heterocycles. The van der Waals surface area contributed by atoms with Gasteiger partial charge in [-0.25, -0.2) is 0 Å². The van der Waals surface area contributed by atoms with E-state index in [0.29, 0.717) is 6.42 Å². The first-order chi connectivity index (χ1) is 6.08. The van der Waals surface area contributed by atoms with Crippen LogP contribution in [-0.4, -0.2) is 36.4 Å². The van der Waals surface area contributed by atoms with Crippen LogP contribution in [0.3, 0.4) is 0 Å². The van der Waals surface area contributed by atoms with Gasteiger partial charge >= 0.3 is 11.9 Å². The largest absolute Gasteiger partial charge is 0.481 e. The standard InChI is InChI=1S/C4H8O2.C3H6O2.CH4O.CH4/c1-3-4(5)6-2;1-2-3(4)5;1-2;/h3H2,1-2H3;2H2,1H3,(H,4,5);2H,1H3;1H4. The van der Waals surface area contributed by atoms with Gasteiger partial charge in [0.2, 0.25) is 0 Å². The average Bonchev–Trinajstić information content (AvgIpc) is 2.20. The summed E-state index contributed by atoms with van der Waals surface area (Å²) in [5, 5.41) is 14.7. The maximum absolute atomic E-state index is 9.96. The Bertz CT molecular complexity index is 116. The molecule has 0 radical (unpaired) electrons. The van der Waals surface area contributed by atoms with Crippen LogP contribution in [0, 0.1) is 0 Å². The number of hydrogen-bond donors (Lipinski definition) is 2. The summed E-state index contributed by atoms with van der Waals surface area (Å²) >= 11 is 0. The number of carboxylic acid groups (broad SMARTS) is 1. The van der Waals surface area contributed by atoms with E-state index in [1.165, 1.54) is 7.11 Å². The Labute approximate surface area is 85.7 Å². The number of ether oxygens (including phenoxy) is 1. The summed E-state index contributed by atoms with van der Waals surface area (Å²) in [6, 6.07) is 0. The fourth-order valence-corrected chi connectivity index (χ4v) is 0.144. The second-order valence-electron chi connectivity index (χ2n) is 1.68. The Morgan fingerprint density at radius 1 is 1.14 bits per heavy atom. The SMILES string of the molecule is C.CCC(=O)O.CCC(=O)OC.CO. The van der Waals surface area contributed by atoms with Crippen LogP contribution >= 0.6 is 0 Å². The maximum atomic E-state index is 9.96. The van der Waals surface area contributed by atoms with Crippen LogP contribution < -0.4 is 0 Å². The van der Waals surface area contributed by atoms with Crippen LogP contribution in [0.5, 0.6) is 0 Å². The van der Waals surface area contributed by atoms with Crippen LogP contribution in [-0.2, 0) is 14.3 Å². The third-order valence-corrected chi connectivity index (χ3v) is 0.819. The molecule has 0 amide bonds. The zero-order valence-corrected chi connectivity index (χ0v) is 8.53. The summed E-state index contributed by atoms with van der Waals surface area (Å²) < 4.78 is 4.26. The lowest BCUT2D eigenvalue weighted by atomic mass is 10.5. The highest BCUT2D eigenvalue weighted by molar-refractivity contribution is 5.68.